The molecule has 3 nitrogen and oxygen atoms in total. The molecule has 0 amide bonds. The van der Waals surface area contributed by atoms with Crippen molar-refractivity contribution >= 4 is 5.97 Å². The summed E-state index contributed by atoms with van der Waals surface area (Å²) in [6.07, 6.45) is 4.22. The Bertz CT molecular complexity index is 345. The largest absolute Gasteiger partial charge is 0.481 e. The molecular formula is C15H23NO2. The van der Waals surface area contributed by atoms with Crippen LogP contribution in [-0.4, -0.2) is 24.2 Å². The Morgan fingerprint density at radius 1 is 1.11 bits per heavy atom. The molecule has 0 saturated carbocycles. The van der Waals surface area contributed by atoms with Crippen molar-refractivity contribution in [1.82, 2.24) is 5.32 Å². The molecule has 1 aromatic rings. The molecule has 3 heteroatoms. The minimum atomic E-state index is -0.797. The fourth-order valence-electron chi connectivity index (χ4n) is 1.78. The van der Waals surface area contributed by atoms with E-state index in [2.05, 4.69) is 5.32 Å². The molecule has 0 aromatic heterocycles. The summed E-state index contributed by atoms with van der Waals surface area (Å²) in [5.74, 6) is -0.797. The first kappa shape index (κ1) is 14.7. The Morgan fingerprint density at radius 2 is 1.67 bits per heavy atom. The number of aliphatic carboxylic acids is 1. The molecule has 0 aliphatic carbocycles. The van der Waals surface area contributed by atoms with Crippen molar-refractivity contribution in [3.05, 3.63) is 35.9 Å². The van der Waals surface area contributed by atoms with Gasteiger partial charge in [0, 0.05) is 0 Å². The number of carbonyl (C=O) groups is 1. The summed E-state index contributed by atoms with van der Waals surface area (Å²) in [5, 5.41) is 12.2. The lowest BCUT2D eigenvalue weighted by Gasteiger charge is -2.18. The van der Waals surface area contributed by atoms with Crippen LogP contribution in [0.3, 0.4) is 0 Å². The normalized spacial score (nSPS) is 15.4. The van der Waals surface area contributed by atoms with Crippen LogP contribution in [0.2, 0.25) is 0 Å². The highest BCUT2D eigenvalue weighted by molar-refractivity contribution is 5.80. The van der Waals surface area contributed by atoms with Crippen LogP contribution in [0.25, 0.3) is 0 Å². The zero-order chi connectivity index (χ0) is 13.4. The Morgan fingerprint density at radius 3 is 2.00 bits per heavy atom. The fourth-order valence-corrected chi connectivity index (χ4v) is 1.78. The van der Waals surface area contributed by atoms with Gasteiger partial charge in [-0.2, -0.15) is 0 Å². The zero-order valence-corrected chi connectivity index (χ0v) is 11.3. The molecule has 2 N–H and O–H groups in total. The second kappa shape index (κ2) is 7.17. The van der Waals surface area contributed by atoms with E-state index < -0.39 is 11.4 Å². The minimum absolute atomic E-state index is 0.790. The number of benzene rings is 1. The first-order valence-electron chi connectivity index (χ1n) is 6.55. The van der Waals surface area contributed by atoms with Crippen molar-refractivity contribution in [2.75, 3.05) is 13.1 Å². The van der Waals surface area contributed by atoms with Crippen molar-refractivity contribution < 1.29 is 9.90 Å². The first-order chi connectivity index (χ1) is 8.55. The molecule has 1 aliphatic heterocycles. The molecule has 18 heavy (non-hydrogen) atoms. The van der Waals surface area contributed by atoms with Gasteiger partial charge in [0.25, 0.3) is 0 Å². The number of carboxylic acid groups (broad SMARTS) is 1. The number of hydrogen-bond donors (Lipinski definition) is 2. The molecule has 1 fully saturated rings. The molecule has 0 bridgehead atoms. The molecular weight excluding hydrogens is 226 g/mol. The Hall–Kier alpha value is -1.35. The van der Waals surface area contributed by atoms with Crippen LogP contribution < -0.4 is 5.32 Å². The first-order valence-corrected chi connectivity index (χ1v) is 6.55. The van der Waals surface area contributed by atoms with Gasteiger partial charge in [0.05, 0.1) is 5.41 Å². The molecule has 0 spiro atoms. The number of hydrogen-bond acceptors (Lipinski definition) is 2. The highest BCUT2D eigenvalue weighted by Gasteiger charge is 2.28. The van der Waals surface area contributed by atoms with Crippen LogP contribution in [0.1, 0.15) is 38.7 Å². The molecule has 1 aliphatic rings. The van der Waals surface area contributed by atoms with Crippen LogP contribution in [0.5, 0.6) is 0 Å². The van der Waals surface area contributed by atoms with Crippen LogP contribution >= 0.6 is 0 Å². The molecule has 1 aromatic carbocycles. The molecule has 2 rings (SSSR count). The SMILES string of the molecule is C1CCNCC1.CC(C)(C(=O)O)c1ccccc1. The summed E-state index contributed by atoms with van der Waals surface area (Å²) in [4.78, 5) is 10.8. The molecule has 0 unspecified atom stereocenters. The van der Waals surface area contributed by atoms with Crippen molar-refractivity contribution in [2.45, 2.75) is 38.5 Å². The van der Waals surface area contributed by atoms with E-state index >= 15 is 0 Å². The lowest BCUT2D eigenvalue weighted by Crippen LogP contribution is -2.28. The van der Waals surface area contributed by atoms with Gasteiger partial charge in [0.2, 0.25) is 0 Å². The van der Waals surface area contributed by atoms with E-state index in [4.69, 9.17) is 5.11 Å². The quantitative estimate of drug-likeness (QED) is 0.847. The minimum Gasteiger partial charge on any atom is -0.481 e. The smallest absolute Gasteiger partial charge is 0.313 e. The average Bonchev–Trinajstić information content (AvgIpc) is 2.42. The second-order valence-electron chi connectivity index (χ2n) is 5.11. The standard InChI is InChI=1S/C10H12O2.C5H11N/c1-10(2,9(11)12)8-6-4-3-5-7-8;1-2-4-6-5-3-1/h3-7H,1-2H3,(H,11,12);6H,1-5H2. The van der Waals surface area contributed by atoms with Crippen molar-refractivity contribution in [3.8, 4) is 0 Å². The Labute approximate surface area is 109 Å². The maximum Gasteiger partial charge on any atom is 0.313 e. The monoisotopic (exact) mass is 249 g/mol. The van der Waals surface area contributed by atoms with Gasteiger partial charge in [-0.3, -0.25) is 4.79 Å². The van der Waals surface area contributed by atoms with Crippen molar-refractivity contribution in [3.63, 3.8) is 0 Å². The number of piperidine rings is 1. The summed E-state index contributed by atoms with van der Waals surface area (Å²) in [5.41, 5.74) is 0.0406. The molecule has 1 saturated heterocycles. The second-order valence-corrected chi connectivity index (χ2v) is 5.11. The lowest BCUT2D eigenvalue weighted by atomic mass is 9.85. The van der Waals surface area contributed by atoms with Gasteiger partial charge in [-0.05, 0) is 45.3 Å². The van der Waals surface area contributed by atoms with E-state index in [1.807, 2.05) is 30.3 Å². The number of carboxylic acids is 1. The third kappa shape index (κ3) is 4.49. The maximum atomic E-state index is 10.8. The molecule has 0 radical (unpaired) electrons. The van der Waals surface area contributed by atoms with Crippen LogP contribution in [0.4, 0.5) is 0 Å². The third-order valence-corrected chi connectivity index (χ3v) is 3.24. The summed E-state index contributed by atoms with van der Waals surface area (Å²) >= 11 is 0. The highest BCUT2D eigenvalue weighted by atomic mass is 16.4. The van der Waals surface area contributed by atoms with E-state index in [-0.39, 0.29) is 0 Å². The van der Waals surface area contributed by atoms with Crippen molar-refractivity contribution in [2.24, 2.45) is 0 Å². The zero-order valence-electron chi connectivity index (χ0n) is 11.3. The third-order valence-electron chi connectivity index (χ3n) is 3.24. The van der Waals surface area contributed by atoms with Crippen LogP contribution in [0.15, 0.2) is 30.3 Å². The number of nitrogens with one attached hydrogen (secondary N) is 1. The van der Waals surface area contributed by atoms with E-state index in [0.717, 1.165) is 5.56 Å². The van der Waals surface area contributed by atoms with Crippen molar-refractivity contribution in [1.29, 1.82) is 0 Å². The molecule has 1 heterocycles. The van der Waals surface area contributed by atoms with E-state index in [9.17, 15) is 4.79 Å². The highest BCUT2D eigenvalue weighted by Crippen LogP contribution is 2.22. The lowest BCUT2D eigenvalue weighted by molar-refractivity contribution is -0.142. The maximum absolute atomic E-state index is 10.8. The van der Waals surface area contributed by atoms with Gasteiger partial charge in [0.1, 0.15) is 0 Å². The number of rotatable bonds is 2. The van der Waals surface area contributed by atoms with Gasteiger partial charge >= 0.3 is 5.97 Å². The van der Waals surface area contributed by atoms with Crippen LogP contribution in [-0.2, 0) is 10.2 Å². The predicted molar refractivity (Wildman–Crippen MR) is 73.8 cm³/mol. The van der Waals surface area contributed by atoms with Gasteiger partial charge < -0.3 is 10.4 Å². The van der Waals surface area contributed by atoms with E-state index in [1.54, 1.807) is 13.8 Å². The predicted octanol–water partition coefficient (Wildman–Crippen LogP) is 2.81. The molecule has 100 valence electrons. The van der Waals surface area contributed by atoms with Gasteiger partial charge in [0.15, 0.2) is 0 Å². The topological polar surface area (TPSA) is 49.3 Å². The summed E-state index contributed by atoms with van der Waals surface area (Å²) in [6, 6.07) is 9.23. The average molecular weight is 249 g/mol. The Balaban J connectivity index is 0.000000225. The summed E-state index contributed by atoms with van der Waals surface area (Å²) in [7, 11) is 0. The van der Waals surface area contributed by atoms with Crippen LogP contribution in [0, 0.1) is 0 Å². The van der Waals surface area contributed by atoms with E-state index in [1.165, 1.54) is 32.4 Å². The van der Waals surface area contributed by atoms with Gasteiger partial charge in [-0.15, -0.1) is 0 Å². The summed E-state index contributed by atoms with van der Waals surface area (Å²) < 4.78 is 0. The van der Waals surface area contributed by atoms with E-state index in [0.29, 0.717) is 0 Å². The van der Waals surface area contributed by atoms with Gasteiger partial charge in [-0.25, -0.2) is 0 Å². The fraction of sp³-hybridized carbons (Fsp3) is 0.533. The van der Waals surface area contributed by atoms with Gasteiger partial charge in [-0.1, -0.05) is 36.8 Å². The Kier molecular flexibility index (Phi) is 5.86. The molecule has 0 atom stereocenters. The summed E-state index contributed by atoms with van der Waals surface area (Å²) in [6.45, 7) is 5.90.